The van der Waals surface area contributed by atoms with Crippen LogP contribution in [0, 0.1) is 11.6 Å². The predicted molar refractivity (Wildman–Crippen MR) is 101 cm³/mol. The highest BCUT2D eigenvalue weighted by molar-refractivity contribution is 5.75. The number of phenols is 1. The van der Waals surface area contributed by atoms with E-state index in [9.17, 15) is 13.9 Å². The van der Waals surface area contributed by atoms with Crippen molar-refractivity contribution >= 4 is 5.82 Å². The molecule has 0 saturated carbocycles. The van der Waals surface area contributed by atoms with Gasteiger partial charge >= 0.3 is 0 Å². The SMILES string of the molecule is NC1CCN(c2cc(-c3cc(F)ccc3F)cc(-c3cccc(O)c3)n2)C1. The zero-order chi connectivity index (χ0) is 19.0. The lowest BCUT2D eigenvalue weighted by Crippen LogP contribution is -2.27. The van der Waals surface area contributed by atoms with Crippen LogP contribution >= 0.6 is 0 Å². The fourth-order valence-electron chi connectivity index (χ4n) is 3.36. The second kappa shape index (κ2) is 6.96. The first-order valence-electron chi connectivity index (χ1n) is 8.77. The molecule has 1 fully saturated rings. The summed E-state index contributed by atoms with van der Waals surface area (Å²) >= 11 is 0. The Hall–Kier alpha value is -2.99. The highest BCUT2D eigenvalue weighted by Gasteiger charge is 2.22. The Balaban J connectivity index is 1.87. The minimum absolute atomic E-state index is 0.0607. The van der Waals surface area contributed by atoms with Gasteiger partial charge in [-0.05, 0) is 54.4 Å². The first kappa shape index (κ1) is 17.4. The van der Waals surface area contributed by atoms with Crippen LogP contribution in [0.15, 0.2) is 54.6 Å². The maximum Gasteiger partial charge on any atom is 0.131 e. The largest absolute Gasteiger partial charge is 0.508 e. The Morgan fingerprint density at radius 1 is 1.04 bits per heavy atom. The van der Waals surface area contributed by atoms with E-state index in [0.717, 1.165) is 25.1 Å². The van der Waals surface area contributed by atoms with Crippen LogP contribution in [0.25, 0.3) is 22.4 Å². The number of phenolic OH excluding ortho intramolecular Hbond substituents is 1. The number of hydrogen-bond acceptors (Lipinski definition) is 4. The summed E-state index contributed by atoms with van der Waals surface area (Å²) in [5.41, 5.74) is 7.97. The van der Waals surface area contributed by atoms with Gasteiger partial charge in [0, 0.05) is 30.3 Å². The first-order valence-corrected chi connectivity index (χ1v) is 8.77. The van der Waals surface area contributed by atoms with Gasteiger partial charge < -0.3 is 15.7 Å². The van der Waals surface area contributed by atoms with Crippen LogP contribution in [0.3, 0.4) is 0 Å². The molecule has 0 bridgehead atoms. The number of nitrogens with two attached hydrogens (primary N) is 1. The van der Waals surface area contributed by atoms with Crippen molar-refractivity contribution in [2.75, 3.05) is 18.0 Å². The van der Waals surface area contributed by atoms with Gasteiger partial charge in [-0.2, -0.15) is 0 Å². The average molecular weight is 367 g/mol. The normalized spacial score (nSPS) is 16.7. The van der Waals surface area contributed by atoms with E-state index in [4.69, 9.17) is 5.73 Å². The summed E-state index contributed by atoms with van der Waals surface area (Å²) in [7, 11) is 0. The summed E-state index contributed by atoms with van der Waals surface area (Å²) in [6.07, 6.45) is 0.849. The standard InChI is InChI=1S/C21H19F2N3O/c22-15-4-5-19(23)18(11-15)14-9-20(13-2-1-3-17(27)8-13)25-21(10-14)26-7-6-16(24)12-26/h1-5,8-11,16,27H,6-7,12,24H2. The third kappa shape index (κ3) is 3.61. The van der Waals surface area contributed by atoms with Gasteiger partial charge in [0.05, 0.1) is 5.69 Å². The average Bonchev–Trinajstić information content (AvgIpc) is 3.10. The molecule has 6 heteroatoms. The number of anilines is 1. The maximum absolute atomic E-state index is 14.4. The van der Waals surface area contributed by atoms with Gasteiger partial charge in [-0.25, -0.2) is 13.8 Å². The number of pyridine rings is 1. The molecule has 3 aromatic rings. The van der Waals surface area contributed by atoms with E-state index in [0.29, 0.717) is 29.2 Å². The van der Waals surface area contributed by atoms with Gasteiger partial charge in [0.2, 0.25) is 0 Å². The van der Waals surface area contributed by atoms with Gasteiger partial charge in [-0.1, -0.05) is 12.1 Å². The van der Waals surface area contributed by atoms with Gasteiger partial charge in [-0.15, -0.1) is 0 Å². The predicted octanol–water partition coefficient (Wildman–Crippen LogP) is 3.94. The molecular formula is C21H19F2N3O. The van der Waals surface area contributed by atoms with Gasteiger partial charge in [0.15, 0.2) is 0 Å². The van der Waals surface area contributed by atoms with E-state index in [-0.39, 0.29) is 17.4 Å². The van der Waals surface area contributed by atoms with Crippen molar-refractivity contribution in [3.8, 4) is 28.1 Å². The second-order valence-electron chi connectivity index (χ2n) is 6.77. The van der Waals surface area contributed by atoms with Gasteiger partial charge in [0.1, 0.15) is 23.2 Å². The van der Waals surface area contributed by atoms with Crippen LogP contribution < -0.4 is 10.6 Å². The van der Waals surface area contributed by atoms with E-state index in [1.54, 1.807) is 30.3 Å². The third-order valence-corrected chi connectivity index (χ3v) is 4.74. The summed E-state index contributed by atoms with van der Waals surface area (Å²) in [6.45, 7) is 1.41. The highest BCUT2D eigenvalue weighted by atomic mass is 19.1. The monoisotopic (exact) mass is 367 g/mol. The lowest BCUT2D eigenvalue weighted by Gasteiger charge is -2.19. The molecule has 27 heavy (non-hydrogen) atoms. The molecule has 1 aliphatic rings. The highest BCUT2D eigenvalue weighted by Crippen LogP contribution is 2.33. The van der Waals surface area contributed by atoms with E-state index >= 15 is 0 Å². The van der Waals surface area contributed by atoms with Crippen molar-refractivity contribution in [3.63, 3.8) is 0 Å². The number of nitrogens with zero attached hydrogens (tertiary/aromatic N) is 2. The van der Waals surface area contributed by atoms with E-state index < -0.39 is 11.6 Å². The molecular weight excluding hydrogens is 348 g/mol. The minimum atomic E-state index is -0.508. The third-order valence-electron chi connectivity index (χ3n) is 4.74. The molecule has 0 spiro atoms. The fourth-order valence-corrected chi connectivity index (χ4v) is 3.36. The van der Waals surface area contributed by atoms with Crippen LogP contribution in [0.2, 0.25) is 0 Å². The summed E-state index contributed by atoms with van der Waals surface area (Å²) in [5, 5.41) is 9.79. The maximum atomic E-state index is 14.4. The second-order valence-corrected chi connectivity index (χ2v) is 6.77. The summed E-state index contributed by atoms with van der Waals surface area (Å²) in [4.78, 5) is 6.72. The van der Waals surface area contributed by atoms with Crippen LogP contribution in [0.4, 0.5) is 14.6 Å². The van der Waals surface area contributed by atoms with Gasteiger partial charge in [-0.3, -0.25) is 0 Å². The minimum Gasteiger partial charge on any atom is -0.508 e. The smallest absolute Gasteiger partial charge is 0.131 e. The quantitative estimate of drug-likeness (QED) is 0.736. The fraction of sp³-hybridized carbons (Fsp3) is 0.190. The van der Waals surface area contributed by atoms with E-state index in [1.165, 1.54) is 6.07 Å². The molecule has 2 aromatic carbocycles. The number of aromatic nitrogens is 1. The number of rotatable bonds is 3. The topological polar surface area (TPSA) is 62.4 Å². The molecule has 3 N–H and O–H groups in total. The van der Waals surface area contributed by atoms with Crippen LogP contribution in [-0.2, 0) is 0 Å². The number of aromatic hydroxyl groups is 1. The lowest BCUT2D eigenvalue weighted by molar-refractivity contribution is 0.475. The molecule has 1 aliphatic heterocycles. The Bertz CT molecular complexity index is 993. The lowest BCUT2D eigenvalue weighted by atomic mass is 10.0. The summed E-state index contributed by atoms with van der Waals surface area (Å²) in [5.74, 6) is -0.246. The number of hydrogen-bond donors (Lipinski definition) is 2. The molecule has 0 radical (unpaired) electrons. The molecule has 0 aliphatic carbocycles. The molecule has 1 aromatic heterocycles. The molecule has 2 heterocycles. The summed E-state index contributed by atoms with van der Waals surface area (Å²) < 4.78 is 28.1. The van der Waals surface area contributed by atoms with Crippen LogP contribution in [0.5, 0.6) is 5.75 Å². The molecule has 4 rings (SSSR count). The number of benzene rings is 2. The van der Waals surface area contributed by atoms with E-state index in [2.05, 4.69) is 4.98 Å². The van der Waals surface area contributed by atoms with Crippen molar-refractivity contribution in [3.05, 3.63) is 66.2 Å². The van der Waals surface area contributed by atoms with Crippen LogP contribution in [-0.4, -0.2) is 29.2 Å². The molecule has 4 nitrogen and oxygen atoms in total. The molecule has 1 atom stereocenters. The Morgan fingerprint density at radius 3 is 2.63 bits per heavy atom. The summed E-state index contributed by atoms with van der Waals surface area (Å²) in [6, 6.07) is 13.6. The van der Waals surface area contributed by atoms with Crippen molar-refractivity contribution in [2.24, 2.45) is 5.73 Å². The Morgan fingerprint density at radius 2 is 1.89 bits per heavy atom. The van der Waals surface area contributed by atoms with E-state index in [1.807, 2.05) is 11.0 Å². The molecule has 0 amide bonds. The zero-order valence-corrected chi connectivity index (χ0v) is 14.6. The van der Waals surface area contributed by atoms with Crippen molar-refractivity contribution in [1.29, 1.82) is 0 Å². The molecule has 1 unspecified atom stereocenters. The van der Waals surface area contributed by atoms with Crippen molar-refractivity contribution < 1.29 is 13.9 Å². The van der Waals surface area contributed by atoms with Crippen LogP contribution in [0.1, 0.15) is 6.42 Å². The van der Waals surface area contributed by atoms with Crippen molar-refractivity contribution in [2.45, 2.75) is 12.5 Å². The van der Waals surface area contributed by atoms with Crippen molar-refractivity contribution in [1.82, 2.24) is 4.98 Å². The Labute approximate surface area is 155 Å². The van der Waals surface area contributed by atoms with Gasteiger partial charge in [0.25, 0.3) is 0 Å². The number of halogens is 2. The first-order chi connectivity index (χ1) is 13.0. The molecule has 1 saturated heterocycles. The molecule has 138 valence electrons. The Kier molecular flexibility index (Phi) is 4.49. The zero-order valence-electron chi connectivity index (χ0n) is 14.6.